The van der Waals surface area contributed by atoms with Crippen LogP contribution in [0.2, 0.25) is 0 Å². The van der Waals surface area contributed by atoms with Crippen molar-refractivity contribution >= 4 is 33.7 Å². The van der Waals surface area contributed by atoms with Gasteiger partial charge in [0.25, 0.3) is 0 Å². The molecule has 1 aromatic heterocycles. The smallest absolute Gasteiger partial charge is 0.313 e. The third kappa shape index (κ3) is 3.18. The number of nitrogens with zero attached hydrogens (tertiary/aromatic N) is 2. The minimum Gasteiger partial charge on any atom is -0.481 e. The van der Waals surface area contributed by atoms with Crippen LogP contribution in [-0.2, 0) is 4.79 Å². The fourth-order valence-corrected chi connectivity index (χ4v) is 2.97. The van der Waals surface area contributed by atoms with Gasteiger partial charge in [-0.05, 0) is 28.9 Å². The number of carboxylic acids is 1. The van der Waals surface area contributed by atoms with Crippen molar-refractivity contribution in [2.45, 2.75) is 12.1 Å². The van der Waals surface area contributed by atoms with E-state index in [-0.39, 0.29) is 15.9 Å². The summed E-state index contributed by atoms with van der Waals surface area (Å²) in [5, 5.41) is 9.03. The summed E-state index contributed by atoms with van der Waals surface area (Å²) in [6.45, 7) is 1.71. The van der Waals surface area contributed by atoms with E-state index in [1.165, 1.54) is 4.57 Å². The van der Waals surface area contributed by atoms with E-state index >= 15 is 0 Å². The van der Waals surface area contributed by atoms with Crippen LogP contribution in [0.4, 0.5) is 8.78 Å². The number of hydrogen-bond donors (Lipinski definition) is 1. The van der Waals surface area contributed by atoms with Gasteiger partial charge < -0.3 is 5.11 Å². The summed E-state index contributed by atoms with van der Waals surface area (Å²) in [5.74, 6) is -2.65. The molecule has 0 atom stereocenters. The lowest BCUT2D eigenvalue weighted by Crippen LogP contribution is -2.04. The molecule has 0 bridgehead atoms. The molecule has 0 aliphatic heterocycles. The molecule has 1 heterocycles. The molecule has 0 radical (unpaired) electrons. The molecule has 2 aromatic rings. The Morgan fingerprint density at radius 1 is 1.50 bits per heavy atom. The van der Waals surface area contributed by atoms with Gasteiger partial charge in [0.2, 0.25) is 0 Å². The van der Waals surface area contributed by atoms with Crippen LogP contribution < -0.4 is 0 Å². The quantitative estimate of drug-likeness (QED) is 0.846. The first-order chi connectivity index (χ1) is 9.38. The van der Waals surface area contributed by atoms with Crippen LogP contribution in [0.25, 0.3) is 5.69 Å². The van der Waals surface area contributed by atoms with E-state index in [0.717, 1.165) is 23.9 Å². The van der Waals surface area contributed by atoms with Crippen LogP contribution in [0.15, 0.2) is 28.0 Å². The number of aromatic nitrogens is 2. The van der Waals surface area contributed by atoms with Gasteiger partial charge in [0.05, 0.1) is 17.1 Å². The number of halogens is 3. The summed E-state index contributed by atoms with van der Waals surface area (Å²) >= 11 is 4.07. The topological polar surface area (TPSA) is 55.1 Å². The SMILES string of the molecule is Cc1cn(-c2c(F)cc(F)cc2Br)c(SCC(=O)O)n1. The summed E-state index contributed by atoms with van der Waals surface area (Å²) in [7, 11) is 0. The normalized spacial score (nSPS) is 10.8. The first-order valence-electron chi connectivity index (χ1n) is 5.44. The van der Waals surface area contributed by atoms with Crippen molar-refractivity contribution in [2.24, 2.45) is 0 Å². The molecule has 0 aliphatic carbocycles. The maximum absolute atomic E-state index is 13.9. The van der Waals surface area contributed by atoms with Gasteiger partial charge in [0.1, 0.15) is 5.82 Å². The number of hydrogen-bond acceptors (Lipinski definition) is 3. The number of aliphatic carboxylic acids is 1. The fourth-order valence-electron chi connectivity index (χ4n) is 1.63. The highest BCUT2D eigenvalue weighted by molar-refractivity contribution is 9.10. The van der Waals surface area contributed by atoms with Gasteiger partial charge in [-0.1, -0.05) is 11.8 Å². The highest BCUT2D eigenvalue weighted by atomic mass is 79.9. The van der Waals surface area contributed by atoms with E-state index < -0.39 is 17.6 Å². The van der Waals surface area contributed by atoms with Crippen LogP contribution in [0.1, 0.15) is 5.69 Å². The Labute approximate surface area is 125 Å². The van der Waals surface area contributed by atoms with E-state index in [2.05, 4.69) is 20.9 Å². The van der Waals surface area contributed by atoms with E-state index in [0.29, 0.717) is 10.9 Å². The number of benzene rings is 1. The zero-order chi connectivity index (χ0) is 14.9. The molecule has 8 heteroatoms. The molecule has 1 aromatic carbocycles. The second-order valence-electron chi connectivity index (χ2n) is 3.94. The zero-order valence-corrected chi connectivity index (χ0v) is 12.6. The third-order valence-electron chi connectivity index (χ3n) is 2.34. The van der Waals surface area contributed by atoms with Gasteiger partial charge in [0.15, 0.2) is 11.0 Å². The van der Waals surface area contributed by atoms with E-state index in [1.807, 2.05) is 0 Å². The molecule has 4 nitrogen and oxygen atoms in total. The molecule has 0 fully saturated rings. The number of thioether (sulfide) groups is 1. The van der Waals surface area contributed by atoms with Crippen molar-refractivity contribution in [3.63, 3.8) is 0 Å². The lowest BCUT2D eigenvalue weighted by atomic mass is 10.3. The maximum Gasteiger partial charge on any atom is 0.313 e. The first-order valence-corrected chi connectivity index (χ1v) is 7.22. The summed E-state index contributed by atoms with van der Waals surface area (Å²) in [4.78, 5) is 14.8. The second-order valence-corrected chi connectivity index (χ2v) is 5.73. The van der Waals surface area contributed by atoms with E-state index in [1.54, 1.807) is 13.1 Å². The van der Waals surface area contributed by atoms with Crippen LogP contribution in [0.5, 0.6) is 0 Å². The number of carboxylic acid groups (broad SMARTS) is 1. The summed E-state index contributed by atoms with van der Waals surface area (Å²) in [6, 6.07) is 1.90. The van der Waals surface area contributed by atoms with Gasteiger partial charge >= 0.3 is 5.97 Å². The molecule has 0 aliphatic rings. The minimum atomic E-state index is -0.999. The number of carbonyl (C=O) groups is 1. The molecule has 106 valence electrons. The summed E-state index contributed by atoms with van der Waals surface area (Å²) < 4.78 is 28.7. The van der Waals surface area contributed by atoms with Crippen molar-refractivity contribution in [3.05, 3.63) is 40.1 Å². The van der Waals surface area contributed by atoms with Gasteiger partial charge in [-0.15, -0.1) is 0 Å². The molecule has 2 rings (SSSR count). The van der Waals surface area contributed by atoms with Crippen molar-refractivity contribution < 1.29 is 18.7 Å². The van der Waals surface area contributed by atoms with Gasteiger partial charge in [-0.2, -0.15) is 0 Å². The Morgan fingerprint density at radius 2 is 2.20 bits per heavy atom. The number of imidazole rings is 1. The van der Waals surface area contributed by atoms with E-state index in [4.69, 9.17) is 5.11 Å². The first kappa shape index (κ1) is 15.0. The predicted molar refractivity (Wildman–Crippen MR) is 74.3 cm³/mol. The largest absolute Gasteiger partial charge is 0.481 e. The Kier molecular flexibility index (Phi) is 4.44. The van der Waals surface area contributed by atoms with Gasteiger partial charge in [0, 0.05) is 16.7 Å². The molecule has 1 N–H and O–H groups in total. The van der Waals surface area contributed by atoms with Crippen LogP contribution in [-0.4, -0.2) is 26.4 Å². The predicted octanol–water partition coefficient (Wildman–Crippen LogP) is 3.40. The van der Waals surface area contributed by atoms with Crippen LogP contribution in [0.3, 0.4) is 0 Å². The zero-order valence-electron chi connectivity index (χ0n) is 10.2. The standard InChI is InChI=1S/C12H9BrF2N2O2S/c1-6-4-17(12(16-6)20-5-10(18)19)11-8(13)2-7(14)3-9(11)15/h2-4H,5H2,1H3,(H,18,19). The van der Waals surface area contributed by atoms with Crippen molar-refractivity contribution in [1.82, 2.24) is 9.55 Å². The molecule has 0 amide bonds. The molecular formula is C12H9BrF2N2O2S. The minimum absolute atomic E-state index is 0.0971. The van der Waals surface area contributed by atoms with Gasteiger partial charge in [-0.3, -0.25) is 9.36 Å². The molecule has 0 saturated heterocycles. The van der Waals surface area contributed by atoms with E-state index in [9.17, 15) is 13.6 Å². The van der Waals surface area contributed by atoms with Gasteiger partial charge in [-0.25, -0.2) is 13.8 Å². The lowest BCUT2D eigenvalue weighted by molar-refractivity contribution is -0.133. The summed E-state index contributed by atoms with van der Waals surface area (Å²) in [5.41, 5.74) is 0.702. The van der Waals surface area contributed by atoms with Crippen molar-refractivity contribution in [2.75, 3.05) is 5.75 Å². The van der Waals surface area contributed by atoms with Crippen LogP contribution in [0, 0.1) is 18.6 Å². The highest BCUT2D eigenvalue weighted by Crippen LogP contribution is 2.30. The Hall–Kier alpha value is -1.41. The second kappa shape index (κ2) is 5.92. The lowest BCUT2D eigenvalue weighted by Gasteiger charge is -2.10. The van der Waals surface area contributed by atoms with Crippen molar-refractivity contribution in [3.8, 4) is 5.69 Å². The molecule has 0 unspecified atom stereocenters. The average molecular weight is 363 g/mol. The third-order valence-corrected chi connectivity index (χ3v) is 3.88. The average Bonchev–Trinajstić information content (AvgIpc) is 2.66. The van der Waals surface area contributed by atoms with Crippen LogP contribution >= 0.6 is 27.7 Å². The fraction of sp³-hybridized carbons (Fsp3) is 0.167. The summed E-state index contributed by atoms with van der Waals surface area (Å²) in [6.07, 6.45) is 1.56. The molecular weight excluding hydrogens is 354 g/mol. The monoisotopic (exact) mass is 362 g/mol. The molecule has 0 saturated carbocycles. The number of aryl methyl sites for hydroxylation is 1. The Balaban J connectivity index is 2.50. The Morgan fingerprint density at radius 3 is 2.80 bits per heavy atom. The highest BCUT2D eigenvalue weighted by Gasteiger charge is 2.17. The Bertz CT molecular complexity index is 652. The molecule has 20 heavy (non-hydrogen) atoms. The maximum atomic E-state index is 13.9. The molecule has 0 spiro atoms. The number of rotatable bonds is 4. The van der Waals surface area contributed by atoms with Crippen molar-refractivity contribution in [1.29, 1.82) is 0 Å².